The van der Waals surface area contributed by atoms with Gasteiger partial charge in [0.1, 0.15) is 0 Å². The minimum Gasteiger partial charge on any atom is -0.374 e. The molecule has 2 heteroatoms. The second-order valence-corrected chi connectivity index (χ2v) is 6.69. The van der Waals surface area contributed by atoms with Crippen LogP contribution in [0.4, 0.5) is 0 Å². The third-order valence-corrected chi connectivity index (χ3v) is 5.40. The highest BCUT2D eigenvalue weighted by molar-refractivity contribution is 4.96. The van der Waals surface area contributed by atoms with Gasteiger partial charge in [-0.3, -0.25) is 0 Å². The molecule has 0 aromatic heterocycles. The lowest BCUT2D eigenvalue weighted by Crippen LogP contribution is -2.53. The van der Waals surface area contributed by atoms with Crippen molar-refractivity contribution >= 4 is 0 Å². The summed E-state index contributed by atoms with van der Waals surface area (Å²) in [6.07, 6.45) is 16.0. The van der Waals surface area contributed by atoms with E-state index in [0.717, 1.165) is 6.61 Å². The highest BCUT2D eigenvalue weighted by atomic mass is 16.5. The largest absolute Gasteiger partial charge is 0.374 e. The Balaban J connectivity index is 2.06. The summed E-state index contributed by atoms with van der Waals surface area (Å²) in [6.45, 7) is 2.95. The topological polar surface area (TPSA) is 35.2 Å². The lowest BCUT2D eigenvalue weighted by molar-refractivity contribution is -0.0819. The molecule has 1 atom stereocenters. The summed E-state index contributed by atoms with van der Waals surface area (Å²) in [5.74, 6) is 0.701. The van der Waals surface area contributed by atoms with Crippen LogP contribution in [0.5, 0.6) is 0 Å². The van der Waals surface area contributed by atoms with Crippen LogP contribution in [0, 0.1) is 5.92 Å². The zero-order valence-electron chi connectivity index (χ0n) is 12.8. The lowest BCUT2D eigenvalue weighted by atomic mass is 9.77. The first-order chi connectivity index (χ1) is 9.28. The van der Waals surface area contributed by atoms with Crippen molar-refractivity contribution in [2.24, 2.45) is 11.7 Å². The Morgan fingerprint density at radius 1 is 0.947 bits per heavy atom. The summed E-state index contributed by atoms with van der Waals surface area (Å²) in [7, 11) is 0. The monoisotopic (exact) mass is 267 g/mol. The van der Waals surface area contributed by atoms with Gasteiger partial charge in [0.25, 0.3) is 0 Å². The van der Waals surface area contributed by atoms with E-state index < -0.39 is 0 Å². The molecule has 2 nitrogen and oxygen atoms in total. The lowest BCUT2D eigenvalue weighted by Gasteiger charge is -2.42. The van der Waals surface area contributed by atoms with Gasteiger partial charge in [-0.25, -0.2) is 0 Å². The standard InChI is InChI=1S/C17H33NO/c1-2-19-17(13-9-5-6-10-14-17)16(18)15-11-7-3-4-8-12-15/h15-16H,2-14,18H2,1H3. The summed E-state index contributed by atoms with van der Waals surface area (Å²) < 4.78 is 6.28. The predicted octanol–water partition coefficient (Wildman–Crippen LogP) is 4.41. The molecule has 0 aromatic carbocycles. The summed E-state index contributed by atoms with van der Waals surface area (Å²) >= 11 is 0. The van der Waals surface area contributed by atoms with Gasteiger partial charge in [-0.1, -0.05) is 51.4 Å². The van der Waals surface area contributed by atoms with Crippen LogP contribution in [0.25, 0.3) is 0 Å². The molecule has 1 unspecified atom stereocenters. The van der Waals surface area contributed by atoms with Crippen LogP contribution in [0.1, 0.15) is 84.0 Å². The third-order valence-electron chi connectivity index (χ3n) is 5.40. The van der Waals surface area contributed by atoms with Crippen LogP contribution in [0.2, 0.25) is 0 Å². The number of hydrogen-bond donors (Lipinski definition) is 1. The minimum atomic E-state index is 0.000255. The molecule has 2 rings (SSSR count). The van der Waals surface area contributed by atoms with Crippen molar-refractivity contribution in [3.05, 3.63) is 0 Å². The Hall–Kier alpha value is -0.0800. The van der Waals surface area contributed by atoms with Gasteiger partial charge in [-0.2, -0.15) is 0 Å². The highest BCUT2D eigenvalue weighted by Crippen LogP contribution is 2.38. The Bertz CT molecular complexity index is 238. The Labute approximate surface area is 119 Å². The zero-order chi connectivity index (χ0) is 13.6. The van der Waals surface area contributed by atoms with E-state index in [2.05, 4.69) is 6.92 Å². The first-order valence-corrected chi connectivity index (χ1v) is 8.68. The van der Waals surface area contributed by atoms with Crippen molar-refractivity contribution < 1.29 is 4.74 Å². The molecular weight excluding hydrogens is 234 g/mol. The maximum absolute atomic E-state index is 6.76. The number of rotatable bonds is 4. The number of hydrogen-bond acceptors (Lipinski definition) is 2. The molecule has 112 valence electrons. The van der Waals surface area contributed by atoms with Crippen LogP contribution in [0.3, 0.4) is 0 Å². The van der Waals surface area contributed by atoms with Crippen molar-refractivity contribution in [3.8, 4) is 0 Å². The molecule has 2 N–H and O–H groups in total. The van der Waals surface area contributed by atoms with Crippen molar-refractivity contribution in [2.45, 2.75) is 95.6 Å². The maximum Gasteiger partial charge on any atom is 0.0835 e. The molecule has 0 radical (unpaired) electrons. The first kappa shape index (κ1) is 15.3. The third kappa shape index (κ3) is 3.95. The molecule has 0 aliphatic heterocycles. The molecule has 0 bridgehead atoms. The molecule has 0 saturated heterocycles. The molecule has 2 saturated carbocycles. The van der Waals surface area contributed by atoms with E-state index in [4.69, 9.17) is 10.5 Å². The Morgan fingerprint density at radius 3 is 2.00 bits per heavy atom. The van der Waals surface area contributed by atoms with E-state index in [1.165, 1.54) is 77.0 Å². The van der Waals surface area contributed by atoms with Crippen molar-refractivity contribution in [2.75, 3.05) is 6.61 Å². The number of nitrogens with two attached hydrogens (primary N) is 1. The molecule has 0 aromatic rings. The molecule has 2 fully saturated rings. The zero-order valence-corrected chi connectivity index (χ0v) is 12.8. The first-order valence-electron chi connectivity index (χ1n) is 8.68. The van der Waals surface area contributed by atoms with E-state index in [9.17, 15) is 0 Å². The van der Waals surface area contributed by atoms with Gasteiger partial charge in [-0.15, -0.1) is 0 Å². The molecule has 0 spiro atoms. The Kier molecular flexibility index (Phi) is 6.15. The maximum atomic E-state index is 6.76. The molecule has 0 heterocycles. The van der Waals surface area contributed by atoms with Gasteiger partial charge in [0.15, 0.2) is 0 Å². The molecule has 2 aliphatic rings. The van der Waals surface area contributed by atoms with Crippen molar-refractivity contribution in [1.82, 2.24) is 0 Å². The van der Waals surface area contributed by atoms with Gasteiger partial charge in [0.05, 0.1) is 5.60 Å². The summed E-state index contributed by atoms with van der Waals surface area (Å²) in [5.41, 5.74) is 6.76. The molecule has 2 aliphatic carbocycles. The average Bonchev–Trinajstić information content (AvgIpc) is 2.81. The van der Waals surface area contributed by atoms with Crippen LogP contribution in [-0.4, -0.2) is 18.2 Å². The SMILES string of the molecule is CCOC1(C(N)C2CCCCCC2)CCCCCC1. The normalized spacial score (nSPS) is 27.5. The highest BCUT2D eigenvalue weighted by Gasteiger charge is 2.41. The second-order valence-electron chi connectivity index (χ2n) is 6.69. The molecular formula is C17H33NO. The van der Waals surface area contributed by atoms with Crippen molar-refractivity contribution in [1.29, 1.82) is 0 Å². The van der Waals surface area contributed by atoms with Gasteiger partial charge in [-0.05, 0) is 38.5 Å². The second kappa shape index (κ2) is 7.64. The van der Waals surface area contributed by atoms with Gasteiger partial charge >= 0.3 is 0 Å². The summed E-state index contributed by atoms with van der Waals surface area (Å²) in [5, 5.41) is 0. The van der Waals surface area contributed by atoms with Crippen molar-refractivity contribution in [3.63, 3.8) is 0 Å². The quantitative estimate of drug-likeness (QED) is 0.766. The van der Waals surface area contributed by atoms with E-state index in [-0.39, 0.29) is 11.6 Å². The predicted molar refractivity (Wildman–Crippen MR) is 81.2 cm³/mol. The average molecular weight is 267 g/mol. The minimum absolute atomic E-state index is 0.000255. The fraction of sp³-hybridized carbons (Fsp3) is 1.00. The fourth-order valence-corrected chi connectivity index (χ4v) is 4.29. The molecule has 19 heavy (non-hydrogen) atoms. The van der Waals surface area contributed by atoms with E-state index in [0.29, 0.717) is 5.92 Å². The van der Waals surface area contributed by atoms with Gasteiger partial charge < -0.3 is 10.5 Å². The fourth-order valence-electron chi connectivity index (χ4n) is 4.29. The summed E-state index contributed by atoms with van der Waals surface area (Å²) in [4.78, 5) is 0. The van der Waals surface area contributed by atoms with E-state index >= 15 is 0 Å². The van der Waals surface area contributed by atoms with Crippen LogP contribution < -0.4 is 5.73 Å². The van der Waals surface area contributed by atoms with Crippen LogP contribution in [-0.2, 0) is 4.74 Å². The van der Waals surface area contributed by atoms with Gasteiger partial charge in [0.2, 0.25) is 0 Å². The van der Waals surface area contributed by atoms with Gasteiger partial charge in [0, 0.05) is 12.6 Å². The Morgan fingerprint density at radius 2 is 1.47 bits per heavy atom. The summed E-state index contributed by atoms with van der Waals surface area (Å²) in [6, 6.07) is 0.267. The van der Waals surface area contributed by atoms with E-state index in [1.54, 1.807) is 0 Å². The number of ether oxygens (including phenoxy) is 1. The molecule has 0 amide bonds. The van der Waals surface area contributed by atoms with E-state index in [1.807, 2.05) is 0 Å². The van der Waals surface area contributed by atoms with Crippen LogP contribution >= 0.6 is 0 Å². The van der Waals surface area contributed by atoms with Crippen LogP contribution in [0.15, 0.2) is 0 Å². The smallest absolute Gasteiger partial charge is 0.0835 e.